The molecule has 1 saturated heterocycles. The molecule has 2 aliphatic rings. The second-order valence-electron chi connectivity index (χ2n) is 6.97. The molecule has 10 heteroatoms. The first-order valence-electron chi connectivity index (χ1n) is 9.23. The Kier molecular flexibility index (Phi) is 4.11. The van der Waals surface area contributed by atoms with Crippen LogP contribution in [0.2, 0.25) is 0 Å². The van der Waals surface area contributed by atoms with Gasteiger partial charge in [-0.1, -0.05) is 0 Å². The average Bonchev–Trinajstić information content (AvgIpc) is 3.44. The van der Waals surface area contributed by atoms with E-state index in [1.54, 1.807) is 53.7 Å². The summed E-state index contributed by atoms with van der Waals surface area (Å²) in [6.07, 6.45) is 7.73. The zero-order valence-corrected chi connectivity index (χ0v) is 15.7. The lowest BCUT2D eigenvalue weighted by molar-refractivity contribution is 0.0996. The number of carbonyl (C=O) groups excluding carboxylic acids is 1. The van der Waals surface area contributed by atoms with E-state index >= 15 is 0 Å². The first kappa shape index (κ1) is 17.5. The van der Waals surface area contributed by atoms with Gasteiger partial charge in [-0.25, -0.2) is 19.0 Å². The smallest absolute Gasteiger partial charge is 0.262 e. The van der Waals surface area contributed by atoms with Crippen molar-refractivity contribution < 1.29 is 13.9 Å². The number of anilines is 2. The third-order valence-electron chi connectivity index (χ3n) is 5.13. The van der Waals surface area contributed by atoms with Gasteiger partial charge in [-0.05, 0) is 6.42 Å². The summed E-state index contributed by atoms with van der Waals surface area (Å²) in [5.74, 6) is 1.57. The van der Waals surface area contributed by atoms with E-state index in [0.717, 1.165) is 0 Å². The standard InChI is InChI=1S/C19H18FN7O2/c1-29-14-4-13(5-21-6-14)26-11-16-15(19(26)28)10-27(24-16)18-8-22-17(7-23-18)25-3-2-12(20)9-25/h4-8,10,12H,2-3,9,11H2,1H3/t12-/m1/s1. The summed E-state index contributed by atoms with van der Waals surface area (Å²) in [5.41, 5.74) is 1.82. The van der Waals surface area contributed by atoms with E-state index in [1.807, 2.05) is 4.90 Å². The summed E-state index contributed by atoms with van der Waals surface area (Å²) in [7, 11) is 1.55. The van der Waals surface area contributed by atoms with Gasteiger partial charge in [0.25, 0.3) is 5.91 Å². The fraction of sp³-hybridized carbons (Fsp3) is 0.316. The van der Waals surface area contributed by atoms with Crippen molar-refractivity contribution in [2.75, 3.05) is 30.0 Å². The van der Waals surface area contributed by atoms with Crippen molar-refractivity contribution >= 4 is 17.4 Å². The number of hydrogen-bond acceptors (Lipinski definition) is 7. The molecular weight excluding hydrogens is 377 g/mol. The molecule has 0 aliphatic carbocycles. The first-order valence-corrected chi connectivity index (χ1v) is 9.23. The second-order valence-corrected chi connectivity index (χ2v) is 6.97. The van der Waals surface area contributed by atoms with Gasteiger partial charge in [0, 0.05) is 18.8 Å². The van der Waals surface area contributed by atoms with Crippen LogP contribution in [-0.2, 0) is 6.54 Å². The van der Waals surface area contributed by atoms with E-state index in [-0.39, 0.29) is 5.91 Å². The predicted octanol–water partition coefficient (Wildman–Crippen LogP) is 1.77. The Morgan fingerprint density at radius 2 is 2.00 bits per heavy atom. The van der Waals surface area contributed by atoms with Crippen LogP contribution < -0.4 is 14.5 Å². The Bertz CT molecular complexity index is 1070. The molecule has 2 aliphatic heterocycles. The highest BCUT2D eigenvalue weighted by Gasteiger charge is 2.32. The highest BCUT2D eigenvalue weighted by molar-refractivity contribution is 6.09. The summed E-state index contributed by atoms with van der Waals surface area (Å²) < 4.78 is 20.1. The van der Waals surface area contributed by atoms with Crippen LogP contribution in [0.3, 0.4) is 0 Å². The van der Waals surface area contributed by atoms with Crippen LogP contribution in [0, 0.1) is 0 Å². The SMILES string of the molecule is COc1cncc(N2Cc3nn(-c4cnc(N5CC[C@@H](F)C5)cn4)cc3C2=O)c1. The Morgan fingerprint density at radius 1 is 1.17 bits per heavy atom. The molecule has 0 N–H and O–H groups in total. The molecule has 3 aromatic heterocycles. The summed E-state index contributed by atoms with van der Waals surface area (Å²) in [6, 6.07) is 1.76. The van der Waals surface area contributed by atoms with Crippen LogP contribution in [0.15, 0.2) is 37.1 Å². The Hall–Kier alpha value is -3.56. The van der Waals surface area contributed by atoms with Crippen molar-refractivity contribution in [3.05, 3.63) is 48.3 Å². The maximum atomic E-state index is 13.4. The number of halogens is 1. The van der Waals surface area contributed by atoms with Crippen LogP contribution in [0.25, 0.3) is 5.82 Å². The fourth-order valence-corrected chi connectivity index (χ4v) is 3.59. The van der Waals surface area contributed by atoms with Gasteiger partial charge < -0.3 is 14.5 Å². The van der Waals surface area contributed by atoms with Crippen LogP contribution in [0.5, 0.6) is 5.75 Å². The van der Waals surface area contributed by atoms with Crippen LogP contribution in [0.1, 0.15) is 22.5 Å². The van der Waals surface area contributed by atoms with Crippen LogP contribution in [-0.4, -0.2) is 57.0 Å². The van der Waals surface area contributed by atoms with E-state index in [1.165, 1.54) is 0 Å². The molecule has 0 bridgehead atoms. The molecule has 29 heavy (non-hydrogen) atoms. The zero-order valence-electron chi connectivity index (χ0n) is 15.7. The van der Waals surface area contributed by atoms with E-state index in [2.05, 4.69) is 20.1 Å². The molecule has 5 heterocycles. The summed E-state index contributed by atoms with van der Waals surface area (Å²) in [6.45, 7) is 1.31. The maximum absolute atomic E-state index is 13.4. The number of ether oxygens (including phenoxy) is 1. The predicted molar refractivity (Wildman–Crippen MR) is 102 cm³/mol. The fourth-order valence-electron chi connectivity index (χ4n) is 3.59. The monoisotopic (exact) mass is 395 g/mol. The van der Waals surface area contributed by atoms with Crippen molar-refractivity contribution in [3.8, 4) is 11.6 Å². The Morgan fingerprint density at radius 3 is 2.69 bits per heavy atom. The second kappa shape index (κ2) is 6.80. The molecule has 5 rings (SSSR count). The van der Waals surface area contributed by atoms with E-state index in [4.69, 9.17) is 4.74 Å². The van der Waals surface area contributed by atoms with Crippen molar-refractivity contribution in [2.45, 2.75) is 19.1 Å². The van der Waals surface area contributed by atoms with E-state index in [9.17, 15) is 9.18 Å². The molecule has 148 valence electrons. The summed E-state index contributed by atoms with van der Waals surface area (Å²) >= 11 is 0. The molecule has 1 amide bonds. The van der Waals surface area contributed by atoms with E-state index < -0.39 is 6.17 Å². The highest BCUT2D eigenvalue weighted by Crippen LogP contribution is 2.29. The Labute approximate surface area is 165 Å². The number of nitrogens with zero attached hydrogens (tertiary/aromatic N) is 7. The lowest BCUT2D eigenvalue weighted by atomic mass is 10.3. The number of hydrogen-bond donors (Lipinski definition) is 0. The van der Waals surface area contributed by atoms with E-state index in [0.29, 0.717) is 60.4 Å². The molecule has 9 nitrogen and oxygen atoms in total. The highest BCUT2D eigenvalue weighted by atomic mass is 19.1. The maximum Gasteiger partial charge on any atom is 0.262 e. The number of rotatable bonds is 4. The van der Waals surface area contributed by atoms with Crippen molar-refractivity contribution in [2.24, 2.45) is 0 Å². The quantitative estimate of drug-likeness (QED) is 0.665. The lowest BCUT2D eigenvalue weighted by Crippen LogP contribution is -2.24. The zero-order chi connectivity index (χ0) is 20.0. The first-order chi connectivity index (χ1) is 14.1. The molecule has 1 atom stereocenters. The number of aromatic nitrogens is 5. The number of fused-ring (bicyclic) bond motifs is 1. The largest absolute Gasteiger partial charge is 0.495 e. The van der Waals surface area contributed by atoms with Gasteiger partial charge in [-0.3, -0.25) is 9.78 Å². The minimum Gasteiger partial charge on any atom is -0.495 e. The van der Waals surface area contributed by atoms with Crippen molar-refractivity contribution in [1.29, 1.82) is 0 Å². The van der Waals surface area contributed by atoms with Crippen LogP contribution >= 0.6 is 0 Å². The molecule has 3 aromatic rings. The van der Waals surface area contributed by atoms with Gasteiger partial charge in [0.1, 0.15) is 17.7 Å². The van der Waals surface area contributed by atoms with Gasteiger partial charge in [0.15, 0.2) is 5.82 Å². The molecule has 0 spiro atoms. The van der Waals surface area contributed by atoms with Crippen LogP contribution in [0.4, 0.5) is 15.9 Å². The number of amides is 1. The third-order valence-corrected chi connectivity index (χ3v) is 5.13. The number of carbonyl (C=O) groups is 1. The van der Waals surface area contributed by atoms with Gasteiger partial charge in [-0.15, -0.1) is 0 Å². The molecule has 0 radical (unpaired) electrons. The average molecular weight is 395 g/mol. The van der Waals surface area contributed by atoms with Crippen molar-refractivity contribution in [3.63, 3.8) is 0 Å². The molecule has 0 aromatic carbocycles. The molecule has 1 fully saturated rings. The van der Waals surface area contributed by atoms with Gasteiger partial charge in [0.05, 0.1) is 61.9 Å². The lowest BCUT2D eigenvalue weighted by Gasteiger charge is -2.16. The minimum atomic E-state index is -0.820. The number of alkyl halides is 1. The topological polar surface area (TPSA) is 89.3 Å². The third kappa shape index (κ3) is 3.06. The van der Waals surface area contributed by atoms with Gasteiger partial charge in [0.2, 0.25) is 0 Å². The summed E-state index contributed by atoms with van der Waals surface area (Å²) in [5, 5.41) is 4.50. The molecular formula is C19H18FN7O2. The number of pyridine rings is 1. The summed E-state index contributed by atoms with van der Waals surface area (Å²) in [4.78, 5) is 29.2. The molecule has 0 saturated carbocycles. The van der Waals surface area contributed by atoms with Crippen molar-refractivity contribution in [1.82, 2.24) is 24.7 Å². The molecule has 0 unspecified atom stereocenters. The number of methoxy groups -OCH3 is 1. The van der Waals surface area contributed by atoms with Gasteiger partial charge in [-0.2, -0.15) is 5.10 Å². The minimum absolute atomic E-state index is 0.156. The normalized spacial score (nSPS) is 18.4. The Balaban J connectivity index is 1.36. The van der Waals surface area contributed by atoms with Gasteiger partial charge >= 0.3 is 0 Å².